The number of carbonyl (C=O) groups excluding carboxylic acids is 2. The van der Waals surface area contributed by atoms with Crippen LogP contribution in [0.15, 0.2) is 76.7 Å². The number of halogens is 1. The first-order valence-electron chi connectivity index (χ1n) is 16.3. The molecular formula is C35H37FN8O6. The number of benzene rings is 1. The molecule has 3 N–H and O–H groups in total. The molecule has 0 spiro atoms. The van der Waals surface area contributed by atoms with Crippen molar-refractivity contribution in [3.8, 4) is 5.69 Å². The van der Waals surface area contributed by atoms with Gasteiger partial charge in [-0.05, 0) is 82.9 Å². The average Bonchev–Trinajstić information content (AvgIpc) is 3.52. The highest BCUT2D eigenvalue weighted by Gasteiger charge is 2.29. The lowest BCUT2D eigenvalue weighted by Crippen LogP contribution is -2.48. The fraction of sp³-hybridized carbons (Fsp3) is 0.343. The second-order valence-corrected chi connectivity index (χ2v) is 13.3. The van der Waals surface area contributed by atoms with E-state index in [1.165, 1.54) is 21.6 Å². The Morgan fingerprint density at radius 1 is 1.02 bits per heavy atom. The highest BCUT2D eigenvalue weighted by Crippen LogP contribution is 2.28. The van der Waals surface area contributed by atoms with Gasteiger partial charge in [-0.15, -0.1) is 0 Å². The molecular weight excluding hydrogens is 647 g/mol. The number of fused-ring (bicyclic) bond motifs is 2. The van der Waals surface area contributed by atoms with Crippen LogP contribution in [0, 0.1) is 5.82 Å². The van der Waals surface area contributed by atoms with E-state index < -0.39 is 40.6 Å². The molecule has 0 aliphatic heterocycles. The Hall–Kier alpha value is -5.86. The Balaban J connectivity index is 1.24. The molecule has 3 amide bonds. The van der Waals surface area contributed by atoms with Crippen LogP contribution >= 0.6 is 0 Å². The number of rotatable bonds is 8. The molecule has 4 aromatic heterocycles. The normalized spacial score (nSPS) is 16.3. The van der Waals surface area contributed by atoms with Crippen molar-refractivity contribution < 1.29 is 23.9 Å². The third kappa shape index (κ3) is 6.84. The first kappa shape index (κ1) is 34.0. The van der Waals surface area contributed by atoms with Gasteiger partial charge in [0.05, 0.1) is 17.3 Å². The number of imidazole rings is 1. The number of hydrogen-bond donors (Lipinski definition) is 3. The van der Waals surface area contributed by atoms with E-state index in [1.807, 2.05) is 12.1 Å². The molecule has 0 saturated heterocycles. The van der Waals surface area contributed by atoms with E-state index in [2.05, 4.69) is 20.6 Å². The van der Waals surface area contributed by atoms with Gasteiger partial charge in [-0.1, -0.05) is 12.1 Å². The van der Waals surface area contributed by atoms with Crippen molar-refractivity contribution in [3.63, 3.8) is 0 Å². The zero-order valence-corrected chi connectivity index (χ0v) is 27.8. The number of carbonyl (C=O) groups is 3. The van der Waals surface area contributed by atoms with Gasteiger partial charge in [0, 0.05) is 48.7 Å². The summed E-state index contributed by atoms with van der Waals surface area (Å²) in [5.74, 6) is -1.57. The molecule has 15 heteroatoms. The number of amides is 3. The van der Waals surface area contributed by atoms with Gasteiger partial charge in [-0.2, -0.15) is 0 Å². The van der Waals surface area contributed by atoms with Crippen molar-refractivity contribution >= 4 is 34.6 Å². The van der Waals surface area contributed by atoms with E-state index in [9.17, 15) is 33.5 Å². The van der Waals surface area contributed by atoms with Crippen molar-refractivity contribution in [2.75, 3.05) is 13.1 Å². The fourth-order valence-electron chi connectivity index (χ4n) is 6.41. The molecule has 1 aliphatic carbocycles. The second kappa shape index (κ2) is 13.6. The van der Waals surface area contributed by atoms with Crippen LogP contribution in [-0.2, 0) is 0 Å². The molecule has 50 heavy (non-hydrogen) atoms. The van der Waals surface area contributed by atoms with Gasteiger partial charge >= 0.3 is 11.8 Å². The standard InChI is InChI=1S/C35H37FN8O6/c1-35(2,3)42(34(49)50)16-14-37-30(45)21-7-6-8-25(17-21)43-29-26(18-22(36)19-38-29)32(47)44(33(43)48)24-12-10-23(11-13-24)39-31(46)27-20-41-15-5-4-9-28(41)40-27/h4-9,15,17-20,23-24H,10-14,16H2,1-3H3,(H,37,45)(H,39,46)(H,49,50). The van der Waals surface area contributed by atoms with Gasteiger partial charge in [0.1, 0.15) is 17.2 Å². The average molecular weight is 685 g/mol. The smallest absolute Gasteiger partial charge is 0.407 e. The molecule has 0 unspecified atom stereocenters. The van der Waals surface area contributed by atoms with Crippen LogP contribution in [0.3, 0.4) is 0 Å². The molecule has 1 fully saturated rings. The van der Waals surface area contributed by atoms with Crippen LogP contribution in [0.1, 0.15) is 73.3 Å². The van der Waals surface area contributed by atoms with Gasteiger partial charge in [0.15, 0.2) is 5.65 Å². The Morgan fingerprint density at radius 2 is 1.78 bits per heavy atom. The quantitative estimate of drug-likeness (QED) is 0.222. The number of pyridine rings is 2. The zero-order valence-electron chi connectivity index (χ0n) is 27.8. The molecule has 0 bridgehead atoms. The topological polar surface area (TPSA) is 173 Å². The van der Waals surface area contributed by atoms with Crippen molar-refractivity contribution in [1.82, 2.24) is 39.0 Å². The second-order valence-electron chi connectivity index (χ2n) is 13.3. The summed E-state index contributed by atoms with van der Waals surface area (Å²) in [4.78, 5) is 75.3. The van der Waals surface area contributed by atoms with Gasteiger partial charge in [0.2, 0.25) is 0 Å². The minimum absolute atomic E-state index is 0.0450. The van der Waals surface area contributed by atoms with E-state index in [0.29, 0.717) is 31.3 Å². The highest BCUT2D eigenvalue weighted by atomic mass is 19.1. The predicted molar refractivity (Wildman–Crippen MR) is 182 cm³/mol. The lowest BCUT2D eigenvalue weighted by atomic mass is 9.90. The summed E-state index contributed by atoms with van der Waals surface area (Å²) >= 11 is 0. The van der Waals surface area contributed by atoms with Crippen LogP contribution in [0.2, 0.25) is 0 Å². The first-order chi connectivity index (χ1) is 23.8. The zero-order chi connectivity index (χ0) is 35.7. The lowest BCUT2D eigenvalue weighted by molar-refractivity contribution is 0.0892. The first-order valence-corrected chi connectivity index (χ1v) is 16.3. The minimum Gasteiger partial charge on any atom is -0.465 e. The maximum atomic E-state index is 14.4. The molecule has 4 heterocycles. The molecule has 6 rings (SSSR count). The van der Waals surface area contributed by atoms with Gasteiger partial charge in [-0.3, -0.25) is 19.0 Å². The number of hydrogen-bond acceptors (Lipinski definition) is 7. The summed E-state index contributed by atoms with van der Waals surface area (Å²) in [6.07, 6.45) is 5.02. The number of nitrogens with zero attached hydrogens (tertiary/aromatic N) is 6. The van der Waals surface area contributed by atoms with Crippen LogP contribution in [0.25, 0.3) is 22.4 Å². The molecule has 0 atom stereocenters. The Kier molecular flexibility index (Phi) is 9.23. The van der Waals surface area contributed by atoms with Crippen molar-refractivity contribution in [3.05, 3.63) is 105 Å². The minimum atomic E-state index is -1.11. The van der Waals surface area contributed by atoms with E-state index in [-0.39, 0.29) is 53.0 Å². The van der Waals surface area contributed by atoms with E-state index in [1.54, 1.807) is 55.8 Å². The Labute approximate surface area is 285 Å². The highest BCUT2D eigenvalue weighted by molar-refractivity contribution is 5.95. The van der Waals surface area contributed by atoms with Gasteiger partial charge in [-0.25, -0.2) is 28.5 Å². The maximum absolute atomic E-state index is 14.4. The summed E-state index contributed by atoms with van der Waals surface area (Å²) in [6, 6.07) is 11.9. The largest absolute Gasteiger partial charge is 0.465 e. The van der Waals surface area contributed by atoms with Crippen LogP contribution in [0.4, 0.5) is 9.18 Å². The predicted octanol–water partition coefficient (Wildman–Crippen LogP) is 3.76. The van der Waals surface area contributed by atoms with E-state index >= 15 is 0 Å². The maximum Gasteiger partial charge on any atom is 0.407 e. The van der Waals surface area contributed by atoms with Crippen LogP contribution < -0.4 is 21.9 Å². The van der Waals surface area contributed by atoms with E-state index in [0.717, 1.165) is 16.8 Å². The molecule has 260 valence electrons. The lowest BCUT2D eigenvalue weighted by Gasteiger charge is -2.33. The number of aromatic nitrogens is 5. The number of nitrogens with one attached hydrogen (secondary N) is 2. The molecule has 1 saturated carbocycles. The monoisotopic (exact) mass is 684 g/mol. The third-order valence-corrected chi connectivity index (χ3v) is 8.91. The fourth-order valence-corrected chi connectivity index (χ4v) is 6.41. The van der Waals surface area contributed by atoms with Crippen molar-refractivity contribution in [2.45, 2.75) is 64.1 Å². The Morgan fingerprint density at radius 3 is 2.48 bits per heavy atom. The molecule has 1 aromatic carbocycles. The summed E-state index contributed by atoms with van der Waals surface area (Å²) in [7, 11) is 0. The summed E-state index contributed by atoms with van der Waals surface area (Å²) in [6.45, 7) is 5.36. The summed E-state index contributed by atoms with van der Waals surface area (Å²) < 4.78 is 18.5. The third-order valence-electron chi connectivity index (χ3n) is 8.91. The Bertz CT molecular complexity index is 2200. The number of carboxylic acid groups (broad SMARTS) is 1. The molecule has 5 aromatic rings. The van der Waals surface area contributed by atoms with Gasteiger partial charge < -0.3 is 25.0 Å². The van der Waals surface area contributed by atoms with E-state index in [4.69, 9.17) is 0 Å². The van der Waals surface area contributed by atoms with Crippen molar-refractivity contribution in [1.29, 1.82) is 0 Å². The molecule has 14 nitrogen and oxygen atoms in total. The summed E-state index contributed by atoms with van der Waals surface area (Å²) in [5, 5.41) is 15.2. The SMILES string of the molecule is CC(C)(C)N(CCNC(=O)c1cccc(-n2c(=O)n(C3CCC(NC(=O)c4cn5ccccc5n4)CC3)c(=O)c3cc(F)cnc32)c1)C(=O)O. The summed E-state index contributed by atoms with van der Waals surface area (Å²) in [5.41, 5.74) is -0.765. The van der Waals surface area contributed by atoms with Crippen LogP contribution in [0.5, 0.6) is 0 Å². The molecule has 1 aliphatic rings. The van der Waals surface area contributed by atoms with Crippen molar-refractivity contribution in [2.24, 2.45) is 0 Å². The molecule has 0 radical (unpaired) electrons. The van der Waals surface area contributed by atoms with Gasteiger partial charge in [0.25, 0.3) is 17.4 Å². The van der Waals surface area contributed by atoms with Crippen LogP contribution in [-0.4, -0.2) is 76.1 Å².